The van der Waals surface area contributed by atoms with Crippen LogP contribution in [0.25, 0.3) is 0 Å². The molecule has 0 spiro atoms. The zero-order valence-electron chi connectivity index (χ0n) is 11.5. The lowest BCUT2D eigenvalue weighted by Crippen LogP contribution is -2.43. The lowest BCUT2D eigenvalue weighted by atomic mass is 9.85. The van der Waals surface area contributed by atoms with Crippen LogP contribution in [0.1, 0.15) is 48.5 Å². The number of rotatable bonds is 3. The standard InChI is InChI=1S/C13H25NO2/c1-8(2)9(3)10(4)11(15)14-12(16)13(5,6)7/h8-10H,1-7H3,(H,14,15,16)/t9-,10+/m0/s1. The van der Waals surface area contributed by atoms with Gasteiger partial charge >= 0.3 is 0 Å². The van der Waals surface area contributed by atoms with Gasteiger partial charge in [0, 0.05) is 11.3 Å². The van der Waals surface area contributed by atoms with Crippen LogP contribution in [0.4, 0.5) is 0 Å². The summed E-state index contributed by atoms with van der Waals surface area (Å²) in [6.07, 6.45) is 0. The fraction of sp³-hybridized carbons (Fsp3) is 0.846. The Labute approximate surface area is 99.0 Å². The first-order valence-electron chi connectivity index (χ1n) is 5.92. The third kappa shape index (κ3) is 4.33. The third-order valence-corrected chi connectivity index (χ3v) is 3.17. The highest BCUT2D eigenvalue weighted by molar-refractivity contribution is 5.98. The van der Waals surface area contributed by atoms with E-state index in [2.05, 4.69) is 19.2 Å². The van der Waals surface area contributed by atoms with Crippen molar-refractivity contribution in [3.63, 3.8) is 0 Å². The Morgan fingerprint density at radius 3 is 1.75 bits per heavy atom. The van der Waals surface area contributed by atoms with Crippen LogP contribution in [-0.4, -0.2) is 11.8 Å². The van der Waals surface area contributed by atoms with Gasteiger partial charge in [-0.05, 0) is 11.8 Å². The molecule has 0 aromatic rings. The van der Waals surface area contributed by atoms with Gasteiger partial charge in [0.2, 0.25) is 11.8 Å². The molecule has 3 nitrogen and oxygen atoms in total. The number of imide groups is 1. The van der Waals surface area contributed by atoms with Gasteiger partial charge in [-0.1, -0.05) is 48.5 Å². The Balaban J connectivity index is 4.43. The quantitative estimate of drug-likeness (QED) is 0.805. The first-order chi connectivity index (χ1) is 7.07. The fourth-order valence-electron chi connectivity index (χ4n) is 1.23. The van der Waals surface area contributed by atoms with Crippen LogP contribution < -0.4 is 5.32 Å². The second-order valence-corrected chi connectivity index (χ2v) is 5.96. The molecule has 0 saturated carbocycles. The van der Waals surface area contributed by atoms with Crippen LogP contribution in [-0.2, 0) is 9.59 Å². The minimum Gasteiger partial charge on any atom is -0.296 e. The van der Waals surface area contributed by atoms with Crippen molar-refractivity contribution in [2.24, 2.45) is 23.2 Å². The maximum atomic E-state index is 11.8. The number of hydrogen-bond acceptors (Lipinski definition) is 2. The first kappa shape index (κ1) is 15.1. The highest BCUT2D eigenvalue weighted by Crippen LogP contribution is 2.21. The molecule has 94 valence electrons. The molecule has 0 aromatic carbocycles. The summed E-state index contributed by atoms with van der Waals surface area (Å²) in [4.78, 5) is 23.5. The van der Waals surface area contributed by atoms with Crippen LogP contribution in [0, 0.1) is 23.2 Å². The Morgan fingerprint density at radius 2 is 1.44 bits per heavy atom. The number of hydrogen-bond donors (Lipinski definition) is 1. The fourth-order valence-corrected chi connectivity index (χ4v) is 1.23. The molecule has 0 aliphatic rings. The second kappa shape index (κ2) is 5.46. The number of carbonyl (C=O) groups excluding carboxylic acids is 2. The van der Waals surface area contributed by atoms with Crippen LogP contribution in [0.15, 0.2) is 0 Å². The van der Waals surface area contributed by atoms with E-state index in [1.807, 2.05) is 13.8 Å². The van der Waals surface area contributed by atoms with E-state index in [0.717, 1.165) is 0 Å². The third-order valence-electron chi connectivity index (χ3n) is 3.17. The zero-order chi connectivity index (χ0) is 13.1. The first-order valence-corrected chi connectivity index (χ1v) is 5.92. The van der Waals surface area contributed by atoms with Crippen LogP contribution >= 0.6 is 0 Å². The molecule has 0 heterocycles. The normalized spacial score (nSPS) is 15.8. The maximum absolute atomic E-state index is 11.8. The minimum atomic E-state index is -0.517. The molecule has 1 N–H and O–H groups in total. The van der Waals surface area contributed by atoms with Gasteiger partial charge in [0.15, 0.2) is 0 Å². The summed E-state index contributed by atoms with van der Waals surface area (Å²) in [5.41, 5.74) is -0.517. The van der Waals surface area contributed by atoms with Gasteiger partial charge in [0.05, 0.1) is 0 Å². The van der Waals surface area contributed by atoms with E-state index in [9.17, 15) is 9.59 Å². The highest BCUT2D eigenvalue weighted by Gasteiger charge is 2.28. The largest absolute Gasteiger partial charge is 0.296 e. The van der Waals surface area contributed by atoms with Crippen molar-refractivity contribution in [2.45, 2.75) is 48.5 Å². The van der Waals surface area contributed by atoms with Gasteiger partial charge in [-0.3, -0.25) is 14.9 Å². The summed E-state index contributed by atoms with van der Waals surface area (Å²) in [6.45, 7) is 13.5. The molecular formula is C13H25NO2. The Hall–Kier alpha value is -0.860. The molecule has 0 unspecified atom stereocenters. The molecule has 0 radical (unpaired) electrons. The maximum Gasteiger partial charge on any atom is 0.231 e. The van der Waals surface area contributed by atoms with Crippen molar-refractivity contribution in [1.82, 2.24) is 5.32 Å². The smallest absolute Gasteiger partial charge is 0.231 e. The van der Waals surface area contributed by atoms with Crippen LogP contribution in [0.5, 0.6) is 0 Å². The summed E-state index contributed by atoms with van der Waals surface area (Å²) < 4.78 is 0. The molecule has 0 bridgehead atoms. The molecule has 0 aliphatic carbocycles. The lowest BCUT2D eigenvalue weighted by Gasteiger charge is -2.24. The van der Waals surface area contributed by atoms with Gasteiger partial charge in [-0.2, -0.15) is 0 Å². The molecule has 0 fully saturated rings. The average molecular weight is 227 g/mol. The van der Waals surface area contributed by atoms with E-state index in [-0.39, 0.29) is 23.7 Å². The van der Waals surface area contributed by atoms with Gasteiger partial charge in [0.25, 0.3) is 0 Å². The minimum absolute atomic E-state index is 0.133. The van der Waals surface area contributed by atoms with Gasteiger partial charge in [0.1, 0.15) is 0 Å². The molecule has 2 atom stereocenters. The van der Waals surface area contributed by atoms with Crippen molar-refractivity contribution in [1.29, 1.82) is 0 Å². The van der Waals surface area contributed by atoms with Crippen LogP contribution in [0.3, 0.4) is 0 Å². The molecular weight excluding hydrogens is 202 g/mol. The average Bonchev–Trinajstić information content (AvgIpc) is 2.13. The number of nitrogens with one attached hydrogen (secondary N) is 1. The Bertz CT molecular complexity index is 264. The summed E-state index contributed by atoms with van der Waals surface area (Å²) in [5, 5.41) is 2.48. The van der Waals surface area contributed by atoms with Gasteiger partial charge in [-0.25, -0.2) is 0 Å². The van der Waals surface area contributed by atoms with Crippen molar-refractivity contribution in [3.05, 3.63) is 0 Å². The predicted octanol–water partition coefficient (Wildman–Crippen LogP) is 2.60. The Kier molecular flexibility index (Phi) is 5.17. The zero-order valence-corrected chi connectivity index (χ0v) is 11.5. The van der Waals surface area contributed by atoms with E-state index >= 15 is 0 Å². The van der Waals surface area contributed by atoms with E-state index in [1.165, 1.54) is 0 Å². The summed E-state index contributed by atoms with van der Waals surface area (Å²) in [6, 6.07) is 0. The molecule has 0 saturated heterocycles. The van der Waals surface area contributed by atoms with E-state index in [0.29, 0.717) is 5.92 Å². The molecule has 3 heteroatoms. The van der Waals surface area contributed by atoms with E-state index in [1.54, 1.807) is 20.8 Å². The molecule has 0 rings (SSSR count). The molecule has 2 amide bonds. The lowest BCUT2D eigenvalue weighted by molar-refractivity contribution is -0.137. The summed E-state index contributed by atoms with van der Waals surface area (Å²) in [5.74, 6) is 0.200. The van der Waals surface area contributed by atoms with E-state index < -0.39 is 5.41 Å². The summed E-state index contributed by atoms with van der Waals surface area (Å²) >= 11 is 0. The van der Waals surface area contributed by atoms with Gasteiger partial charge < -0.3 is 0 Å². The van der Waals surface area contributed by atoms with Crippen molar-refractivity contribution < 1.29 is 9.59 Å². The monoisotopic (exact) mass is 227 g/mol. The van der Waals surface area contributed by atoms with Crippen LogP contribution in [0.2, 0.25) is 0 Å². The number of carbonyl (C=O) groups is 2. The summed E-state index contributed by atoms with van der Waals surface area (Å²) in [7, 11) is 0. The predicted molar refractivity (Wildman–Crippen MR) is 65.8 cm³/mol. The molecule has 0 aliphatic heterocycles. The van der Waals surface area contributed by atoms with Gasteiger partial charge in [-0.15, -0.1) is 0 Å². The molecule has 16 heavy (non-hydrogen) atoms. The topological polar surface area (TPSA) is 46.2 Å². The second-order valence-electron chi connectivity index (χ2n) is 5.96. The van der Waals surface area contributed by atoms with Crippen molar-refractivity contribution in [3.8, 4) is 0 Å². The Morgan fingerprint density at radius 1 is 1.00 bits per heavy atom. The van der Waals surface area contributed by atoms with E-state index in [4.69, 9.17) is 0 Å². The molecule has 0 aromatic heterocycles. The van der Waals surface area contributed by atoms with Crippen molar-refractivity contribution >= 4 is 11.8 Å². The number of amides is 2. The SMILES string of the molecule is CC(C)[C@H](C)[C@@H](C)C(=O)NC(=O)C(C)(C)C. The highest BCUT2D eigenvalue weighted by atomic mass is 16.2. The van der Waals surface area contributed by atoms with Crippen molar-refractivity contribution in [2.75, 3.05) is 0 Å².